The number of hydrogen-bond donors (Lipinski definition) is 4. The summed E-state index contributed by atoms with van der Waals surface area (Å²) in [7, 11) is 0. The first-order chi connectivity index (χ1) is 14.2. The van der Waals surface area contributed by atoms with Gasteiger partial charge in [-0.1, -0.05) is 26.3 Å². The predicted molar refractivity (Wildman–Crippen MR) is 126 cm³/mol. The summed E-state index contributed by atoms with van der Waals surface area (Å²) in [5.74, 6) is -1.15. The molecule has 0 radical (unpaired) electrons. The van der Waals surface area contributed by atoms with Gasteiger partial charge in [-0.2, -0.15) is 0 Å². The molecule has 4 atom stereocenters. The Morgan fingerprint density at radius 1 is 0.455 bits per heavy atom. The minimum atomic E-state index is -0.896. The van der Waals surface area contributed by atoms with Crippen LogP contribution < -0.4 is 0 Å². The van der Waals surface area contributed by atoms with Crippen LogP contribution in [0.3, 0.4) is 0 Å². The maximum Gasteiger partial charge on any atom is 0.186 e. The Kier molecular flexibility index (Phi) is 27.6. The molecular weight excluding hydrogens is 464 g/mol. The van der Waals surface area contributed by atoms with E-state index in [-0.39, 0.29) is 44.9 Å². The third-order valence-corrected chi connectivity index (χ3v) is 3.20. The molecule has 0 saturated carbocycles. The van der Waals surface area contributed by atoms with Gasteiger partial charge in [0.05, 0.1) is 0 Å². The molecule has 0 saturated heterocycles. The van der Waals surface area contributed by atoms with Gasteiger partial charge in [-0.3, -0.25) is 19.2 Å². The topological polar surface area (TPSA) is 149 Å². The molecule has 0 aromatic carbocycles. The van der Waals surface area contributed by atoms with E-state index >= 15 is 0 Å². The van der Waals surface area contributed by atoms with Crippen molar-refractivity contribution >= 4 is 23.1 Å². The molecule has 0 aromatic rings. The van der Waals surface area contributed by atoms with Gasteiger partial charge >= 0.3 is 0 Å². The van der Waals surface area contributed by atoms with Crippen LogP contribution in [0, 0.1) is 0 Å². The summed E-state index contributed by atoms with van der Waals surface area (Å²) in [6, 6.07) is 0. The van der Waals surface area contributed by atoms with E-state index in [0.29, 0.717) is 22.3 Å². The Morgan fingerprint density at radius 2 is 0.545 bits per heavy atom. The van der Waals surface area contributed by atoms with Crippen LogP contribution in [0.15, 0.2) is 48.6 Å². The van der Waals surface area contributed by atoms with Gasteiger partial charge in [0, 0.05) is 21.7 Å². The number of aliphatic hydroxyl groups excluding tert-OH is 4. The first-order valence-electron chi connectivity index (χ1n) is 9.73. The van der Waals surface area contributed by atoms with E-state index in [0.717, 1.165) is 0 Å². The van der Waals surface area contributed by atoms with Crippen LogP contribution in [-0.2, 0) is 40.9 Å². The largest absolute Gasteiger partial charge is 0.385 e. The monoisotopic (exact) mass is 504 g/mol. The molecule has 0 bridgehead atoms. The smallest absolute Gasteiger partial charge is 0.186 e. The molecule has 0 spiro atoms. The Morgan fingerprint density at radius 3 is 0.545 bits per heavy atom. The minimum Gasteiger partial charge on any atom is -0.385 e. The molecule has 8 nitrogen and oxygen atoms in total. The average molecular weight is 504 g/mol. The summed E-state index contributed by atoms with van der Waals surface area (Å²) in [5, 5.41) is 34.3. The fourth-order valence-corrected chi connectivity index (χ4v) is 1.43. The van der Waals surface area contributed by atoms with Gasteiger partial charge in [0.2, 0.25) is 0 Å². The van der Waals surface area contributed by atoms with E-state index in [9.17, 15) is 19.2 Å². The van der Waals surface area contributed by atoms with Crippen molar-refractivity contribution < 1.29 is 61.3 Å². The van der Waals surface area contributed by atoms with Gasteiger partial charge in [0.25, 0.3) is 0 Å². The first kappa shape index (κ1) is 41.4. The van der Waals surface area contributed by atoms with Crippen molar-refractivity contribution in [2.24, 2.45) is 0 Å². The number of aliphatic hydroxyl groups is 4. The maximum atomic E-state index is 10.5. The van der Waals surface area contributed by atoms with Gasteiger partial charge in [-0.25, -0.2) is 0 Å². The van der Waals surface area contributed by atoms with Gasteiger partial charge in [-0.15, -0.1) is 0 Å². The van der Waals surface area contributed by atoms with Crippen molar-refractivity contribution in [3.63, 3.8) is 0 Å². The van der Waals surface area contributed by atoms with Crippen LogP contribution >= 0.6 is 0 Å². The maximum absolute atomic E-state index is 10.5. The first-order valence-corrected chi connectivity index (χ1v) is 9.73. The minimum absolute atomic E-state index is 0. The molecule has 0 aromatic heterocycles. The molecule has 0 heterocycles. The fourth-order valence-electron chi connectivity index (χ4n) is 1.43. The second kappa shape index (κ2) is 22.0. The second-order valence-corrected chi connectivity index (χ2v) is 7.28. The Labute approximate surface area is 212 Å². The Balaban J connectivity index is -0.000000105. The molecule has 0 aliphatic carbocycles. The summed E-state index contributed by atoms with van der Waals surface area (Å²) in [6.07, 6.45) is -3.58. The summed E-state index contributed by atoms with van der Waals surface area (Å²) >= 11 is 0. The van der Waals surface area contributed by atoms with E-state index in [1.54, 1.807) is 27.7 Å². The zero-order valence-corrected chi connectivity index (χ0v) is 22.6. The molecule has 0 amide bonds. The number of rotatable bonds is 8. The second-order valence-electron chi connectivity index (χ2n) is 7.28. The summed E-state index contributed by atoms with van der Waals surface area (Å²) in [6.45, 7) is 25.5. The van der Waals surface area contributed by atoms with Crippen molar-refractivity contribution in [3.8, 4) is 0 Å². The molecule has 4 unspecified atom stereocenters. The third-order valence-electron chi connectivity index (χ3n) is 3.20. The average Bonchev–Trinajstić information content (AvgIpc) is 2.65. The van der Waals surface area contributed by atoms with Gasteiger partial charge < -0.3 is 20.4 Å². The van der Waals surface area contributed by atoms with Gasteiger partial charge in [0.1, 0.15) is 24.4 Å². The van der Waals surface area contributed by atoms with Crippen LogP contribution in [-0.4, -0.2) is 68.0 Å². The van der Waals surface area contributed by atoms with E-state index in [1.165, 1.54) is 27.7 Å². The molecule has 0 fully saturated rings. The van der Waals surface area contributed by atoms with E-state index < -0.39 is 24.4 Å². The van der Waals surface area contributed by atoms with Crippen LogP contribution in [0.2, 0.25) is 0 Å². The quantitative estimate of drug-likeness (QED) is 0.290. The number of carbonyl (C=O) groups excluding carboxylic acids is 4. The molecule has 33 heavy (non-hydrogen) atoms. The van der Waals surface area contributed by atoms with Crippen molar-refractivity contribution in [2.75, 3.05) is 0 Å². The van der Waals surface area contributed by atoms with Crippen molar-refractivity contribution in [3.05, 3.63) is 48.6 Å². The predicted octanol–water partition coefficient (Wildman–Crippen LogP) is 2.05. The van der Waals surface area contributed by atoms with Crippen LogP contribution in [0.5, 0.6) is 0 Å². The standard InChI is InChI=1S/4C6H10O2.Ti/c4*1-4(2)6(8)5(3)7;/h4*5,7H,1H2,2-3H3;. The molecule has 9 heteroatoms. The van der Waals surface area contributed by atoms with E-state index in [4.69, 9.17) is 20.4 Å². The molecular formula is C24H40O8Ti. The van der Waals surface area contributed by atoms with Gasteiger partial charge in [-0.05, 0) is 77.7 Å². The SMILES string of the molecule is C=C(C)C(=O)C(C)O.C=C(C)C(=O)C(C)O.C=C(C)C(=O)C(C)O.C=C(C)C(=O)C(C)O.[Ti]. The van der Waals surface area contributed by atoms with E-state index in [2.05, 4.69) is 26.3 Å². The number of ketones is 4. The van der Waals surface area contributed by atoms with Gasteiger partial charge in [0.15, 0.2) is 23.1 Å². The third kappa shape index (κ3) is 26.3. The molecule has 0 aliphatic heterocycles. The summed E-state index contributed by atoms with van der Waals surface area (Å²) in [5.41, 5.74) is 1.61. The molecule has 0 aliphatic rings. The molecule has 4 N–H and O–H groups in total. The van der Waals surface area contributed by atoms with E-state index in [1.807, 2.05) is 0 Å². The Bertz CT molecular complexity index is 581. The van der Waals surface area contributed by atoms with Crippen LogP contribution in [0.4, 0.5) is 0 Å². The number of Topliss-reactive ketones (excluding diaryl/α,β-unsaturated/α-hetero) is 4. The van der Waals surface area contributed by atoms with Crippen LogP contribution in [0.1, 0.15) is 55.4 Å². The number of hydrogen-bond acceptors (Lipinski definition) is 8. The van der Waals surface area contributed by atoms with Crippen molar-refractivity contribution in [1.82, 2.24) is 0 Å². The van der Waals surface area contributed by atoms with Crippen LogP contribution in [0.25, 0.3) is 0 Å². The normalized spacial score (nSPS) is 12.5. The van der Waals surface area contributed by atoms with Crippen molar-refractivity contribution in [1.29, 1.82) is 0 Å². The summed E-state index contributed by atoms with van der Waals surface area (Å²) < 4.78 is 0. The zero-order valence-electron chi connectivity index (χ0n) is 21.1. The molecule has 0 rings (SSSR count). The zero-order chi connectivity index (χ0) is 26.9. The summed E-state index contributed by atoms with van der Waals surface area (Å²) in [4.78, 5) is 42.0. The molecule has 188 valence electrons. The fraction of sp³-hybridized carbons (Fsp3) is 0.500. The number of carbonyl (C=O) groups is 4. The Hall–Kier alpha value is -1.81. The van der Waals surface area contributed by atoms with Crippen molar-refractivity contribution in [2.45, 2.75) is 79.8 Å².